The Labute approximate surface area is 165 Å². The summed E-state index contributed by atoms with van der Waals surface area (Å²) in [7, 11) is 0. The molecule has 3 aromatic rings. The predicted molar refractivity (Wildman–Crippen MR) is 109 cm³/mol. The van der Waals surface area contributed by atoms with Gasteiger partial charge in [-0.25, -0.2) is 9.37 Å². The number of rotatable bonds is 5. The van der Waals surface area contributed by atoms with E-state index in [1.807, 2.05) is 11.0 Å². The molecule has 1 N–H and O–H groups in total. The van der Waals surface area contributed by atoms with Gasteiger partial charge in [0.25, 0.3) is 5.56 Å². The van der Waals surface area contributed by atoms with Crippen molar-refractivity contribution in [1.82, 2.24) is 9.66 Å². The first-order valence-corrected chi connectivity index (χ1v) is 10.1. The van der Waals surface area contributed by atoms with Crippen molar-refractivity contribution in [2.75, 3.05) is 29.2 Å². The van der Waals surface area contributed by atoms with Crippen LogP contribution in [-0.4, -0.2) is 34.4 Å². The molecular formula is C20H19FN4O2S. The van der Waals surface area contributed by atoms with Crippen LogP contribution in [0.3, 0.4) is 0 Å². The lowest BCUT2D eigenvalue weighted by atomic mass is 10.2. The Morgan fingerprint density at radius 3 is 2.57 bits per heavy atom. The van der Waals surface area contributed by atoms with Gasteiger partial charge < -0.3 is 4.90 Å². The zero-order valence-corrected chi connectivity index (χ0v) is 15.9. The van der Waals surface area contributed by atoms with Crippen LogP contribution in [0.4, 0.5) is 10.3 Å². The van der Waals surface area contributed by atoms with Gasteiger partial charge in [-0.2, -0.15) is 4.68 Å². The average Bonchev–Trinajstić information content (AvgIpc) is 3.24. The maximum absolute atomic E-state index is 13.0. The molecule has 6 nitrogen and oxygen atoms in total. The quantitative estimate of drug-likeness (QED) is 0.670. The number of amides is 1. The molecule has 1 aromatic heterocycles. The van der Waals surface area contributed by atoms with Crippen LogP contribution < -0.4 is 15.9 Å². The second-order valence-electron chi connectivity index (χ2n) is 6.54. The number of nitrogens with one attached hydrogen (secondary N) is 1. The van der Waals surface area contributed by atoms with Gasteiger partial charge in [0, 0.05) is 18.0 Å². The first-order chi connectivity index (χ1) is 13.6. The van der Waals surface area contributed by atoms with Crippen molar-refractivity contribution in [1.29, 1.82) is 0 Å². The van der Waals surface area contributed by atoms with E-state index in [9.17, 15) is 14.0 Å². The van der Waals surface area contributed by atoms with Crippen LogP contribution in [0.5, 0.6) is 0 Å². The fourth-order valence-electron chi connectivity index (χ4n) is 3.19. The summed E-state index contributed by atoms with van der Waals surface area (Å²) in [5.74, 6) is -0.0854. The molecule has 1 aliphatic heterocycles. The van der Waals surface area contributed by atoms with E-state index in [-0.39, 0.29) is 23.0 Å². The average molecular weight is 398 g/mol. The van der Waals surface area contributed by atoms with E-state index in [1.54, 1.807) is 30.3 Å². The Balaban J connectivity index is 1.60. The second kappa shape index (κ2) is 8.02. The number of fused-ring (bicyclic) bond motifs is 1. The molecule has 0 unspecified atom stereocenters. The van der Waals surface area contributed by atoms with Gasteiger partial charge in [0.05, 0.1) is 16.7 Å². The van der Waals surface area contributed by atoms with E-state index in [1.165, 1.54) is 28.6 Å². The minimum absolute atomic E-state index is 0.102. The highest BCUT2D eigenvalue weighted by molar-refractivity contribution is 8.00. The zero-order valence-electron chi connectivity index (χ0n) is 15.1. The standard InChI is InChI=1S/C20H19FN4O2S/c21-14-7-9-15(10-8-14)28-13-18(26)23-25-19(27)16-5-1-2-6-17(16)22-20(25)24-11-3-4-12-24/h1-2,5-10H,3-4,11-13H2,(H,23,26). The van der Waals surface area contributed by atoms with Crippen molar-refractivity contribution in [3.05, 3.63) is 64.7 Å². The number of carbonyl (C=O) groups excluding carboxylic acids is 1. The zero-order chi connectivity index (χ0) is 19.5. The Hall–Kier alpha value is -2.87. The number of hydrogen-bond donors (Lipinski definition) is 1. The highest BCUT2D eigenvalue weighted by Gasteiger charge is 2.21. The molecule has 0 spiro atoms. The molecule has 1 saturated heterocycles. The van der Waals surface area contributed by atoms with E-state index >= 15 is 0 Å². The normalized spacial score (nSPS) is 13.8. The number of halogens is 1. The minimum atomic E-state index is -0.325. The van der Waals surface area contributed by atoms with Crippen LogP contribution >= 0.6 is 11.8 Å². The summed E-state index contributed by atoms with van der Waals surface area (Å²) in [6.07, 6.45) is 2.05. The van der Waals surface area contributed by atoms with E-state index in [0.717, 1.165) is 30.8 Å². The van der Waals surface area contributed by atoms with Gasteiger partial charge in [-0.05, 0) is 49.2 Å². The van der Waals surface area contributed by atoms with Crippen molar-refractivity contribution in [2.24, 2.45) is 0 Å². The van der Waals surface area contributed by atoms with Crippen molar-refractivity contribution < 1.29 is 9.18 Å². The van der Waals surface area contributed by atoms with E-state index in [4.69, 9.17) is 0 Å². The number of carbonyl (C=O) groups is 1. The lowest BCUT2D eigenvalue weighted by molar-refractivity contribution is -0.114. The summed E-state index contributed by atoms with van der Waals surface area (Å²) in [5.41, 5.74) is 3.01. The number of para-hydroxylation sites is 1. The van der Waals surface area contributed by atoms with Crippen LogP contribution in [0.25, 0.3) is 10.9 Å². The number of thioether (sulfide) groups is 1. The summed E-state index contributed by atoms with van der Waals surface area (Å²) < 4.78 is 14.3. The van der Waals surface area contributed by atoms with E-state index in [2.05, 4.69) is 10.4 Å². The lowest BCUT2D eigenvalue weighted by Gasteiger charge is -2.21. The van der Waals surface area contributed by atoms with Gasteiger partial charge in [-0.15, -0.1) is 11.8 Å². The molecule has 0 saturated carbocycles. The smallest absolute Gasteiger partial charge is 0.281 e. The number of nitrogens with zero attached hydrogens (tertiary/aromatic N) is 3. The summed E-state index contributed by atoms with van der Waals surface area (Å²) in [6, 6.07) is 13.1. The molecule has 2 heterocycles. The Bertz CT molecular complexity index is 1060. The summed E-state index contributed by atoms with van der Waals surface area (Å²) in [6.45, 7) is 1.59. The minimum Gasteiger partial charge on any atom is -0.341 e. The molecule has 2 aromatic carbocycles. The third-order valence-electron chi connectivity index (χ3n) is 4.57. The fraction of sp³-hybridized carbons (Fsp3) is 0.250. The lowest BCUT2D eigenvalue weighted by Crippen LogP contribution is -2.39. The first-order valence-electron chi connectivity index (χ1n) is 9.07. The molecule has 0 atom stereocenters. The fourth-order valence-corrected chi connectivity index (χ4v) is 3.88. The van der Waals surface area contributed by atoms with Gasteiger partial charge in [-0.1, -0.05) is 12.1 Å². The second-order valence-corrected chi connectivity index (χ2v) is 7.59. The third kappa shape index (κ3) is 3.87. The maximum atomic E-state index is 13.0. The topological polar surface area (TPSA) is 67.2 Å². The Kier molecular flexibility index (Phi) is 5.29. The largest absolute Gasteiger partial charge is 0.341 e. The third-order valence-corrected chi connectivity index (χ3v) is 5.58. The molecule has 144 valence electrons. The molecule has 1 fully saturated rings. The van der Waals surface area contributed by atoms with E-state index in [0.29, 0.717) is 16.9 Å². The van der Waals surface area contributed by atoms with Gasteiger partial charge in [-0.3, -0.25) is 15.0 Å². The highest BCUT2D eigenvalue weighted by Crippen LogP contribution is 2.20. The van der Waals surface area contributed by atoms with Crippen LogP contribution in [-0.2, 0) is 4.79 Å². The van der Waals surface area contributed by atoms with Crippen molar-refractivity contribution >= 4 is 34.5 Å². The summed E-state index contributed by atoms with van der Waals surface area (Å²) >= 11 is 1.28. The van der Waals surface area contributed by atoms with Gasteiger partial charge in [0.1, 0.15) is 5.82 Å². The number of hydrogen-bond acceptors (Lipinski definition) is 5. The van der Waals surface area contributed by atoms with Crippen LogP contribution in [0.15, 0.2) is 58.2 Å². The number of benzene rings is 2. The van der Waals surface area contributed by atoms with Crippen LogP contribution in [0.2, 0.25) is 0 Å². The number of anilines is 1. The van der Waals surface area contributed by atoms with Gasteiger partial charge >= 0.3 is 0 Å². The van der Waals surface area contributed by atoms with Crippen molar-refractivity contribution in [3.63, 3.8) is 0 Å². The summed E-state index contributed by atoms with van der Waals surface area (Å²) in [5, 5.41) is 0.455. The van der Waals surface area contributed by atoms with Crippen molar-refractivity contribution in [2.45, 2.75) is 17.7 Å². The molecule has 0 bridgehead atoms. The molecule has 0 radical (unpaired) electrons. The molecule has 0 aliphatic carbocycles. The van der Waals surface area contributed by atoms with Crippen LogP contribution in [0, 0.1) is 5.82 Å². The highest BCUT2D eigenvalue weighted by atomic mass is 32.2. The van der Waals surface area contributed by atoms with Gasteiger partial charge in [0.15, 0.2) is 0 Å². The summed E-state index contributed by atoms with van der Waals surface area (Å²) in [4.78, 5) is 32.9. The molecule has 1 amide bonds. The van der Waals surface area contributed by atoms with Crippen LogP contribution in [0.1, 0.15) is 12.8 Å². The van der Waals surface area contributed by atoms with Crippen molar-refractivity contribution in [3.8, 4) is 0 Å². The Morgan fingerprint density at radius 1 is 1.11 bits per heavy atom. The van der Waals surface area contributed by atoms with E-state index < -0.39 is 0 Å². The molecule has 1 aliphatic rings. The maximum Gasteiger partial charge on any atom is 0.281 e. The molecule has 28 heavy (non-hydrogen) atoms. The molecule has 4 rings (SSSR count). The SMILES string of the molecule is O=C(CSc1ccc(F)cc1)Nn1c(N2CCCC2)nc2ccccc2c1=O. The first kappa shape index (κ1) is 18.5. The molecule has 8 heteroatoms. The monoisotopic (exact) mass is 398 g/mol. The predicted octanol–water partition coefficient (Wildman–Crippen LogP) is 3.00. The Morgan fingerprint density at radius 2 is 1.82 bits per heavy atom. The number of aromatic nitrogens is 2. The van der Waals surface area contributed by atoms with Gasteiger partial charge in [0.2, 0.25) is 11.9 Å². The molecular weight excluding hydrogens is 379 g/mol.